The fourth-order valence-corrected chi connectivity index (χ4v) is 2.42. The maximum absolute atomic E-state index is 12.3. The van der Waals surface area contributed by atoms with Gasteiger partial charge in [-0.1, -0.05) is 6.07 Å². The number of anilines is 1. The Balaban J connectivity index is 1.97. The molecule has 9 nitrogen and oxygen atoms in total. The van der Waals surface area contributed by atoms with Crippen LogP contribution in [0.15, 0.2) is 24.3 Å². The van der Waals surface area contributed by atoms with Crippen molar-refractivity contribution in [1.82, 2.24) is 10.2 Å². The van der Waals surface area contributed by atoms with Crippen molar-refractivity contribution in [3.05, 3.63) is 34.4 Å². The zero-order valence-corrected chi connectivity index (χ0v) is 10.7. The van der Waals surface area contributed by atoms with E-state index in [1.54, 1.807) is 0 Å². The van der Waals surface area contributed by atoms with Crippen LogP contribution < -0.4 is 10.2 Å². The standard InChI is InChI=1S/C12H10N4O5/c17-10-6-14-9(5-13-10)11(18)15(12(14)19)7-2-1-3-8(4-7)16(20)21/h1-4,9H,5-6H2,(H,13,17). The maximum Gasteiger partial charge on any atom is 0.332 e. The van der Waals surface area contributed by atoms with Gasteiger partial charge in [0.15, 0.2) is 0 Å². The van der Waals surface area contributed by atoms with Crippen molar-refractivity contribution in [1.29, 1.82) is 0 Å². The first-order valence-corrected chi connectivity index (χ1v) is 6.15. The molecule has 9 heteroatoms. The molecule has 1 aromatic carbocycles. The zero-order valence-electron chi connectivity index (χ0n) is 10.7. The number of rotatable bonds is 2. The molecule has 2 aliphatic heterocycles. The van der Waals surface area contributed by atoms with Gasteiger partial charge in [0.25, 0.3) is 11.6 Å². The predicted octanol–water partition coefficient (Wildman–Crippen LogP) is -0.138. The van der Waals surface area contributed by atoms with E-state index in [1.807, 2.05) is 0 Å². The number of hydrogen-bond donors (Lipinski definition) is 1. The van der Waals surface area contributed by atoms with Crippen LogP contribution in [-0.2, 0) is 9.59 Å². The summed E-state index contributed by atoms with van der Waals surface area (Å²) in [6.45, 7) is -0.143. The van der Waals surface area contributed by atoms with E-state index < -0.39 is 22.9 Å². The molecular weight excluding hydrogens is 280 g/mol. The molecule has 108 valence electrons. The van der Waals surface area contributed by atoms with Crippen molar-refractivity contribution in [2.45, 2.75) is 6.04 Å². The summed E-state index contributed by atoms with van der Waals surface area (Å²) < 4.78 is 0. The zero-order chi connectivity index (χ0) is 15.1. The number of fused-ring (bicyclic) bond motifs is 1. The number of nitro benzene ring substituents is 1. The first kappa shape index (κ1) is 13.0. The quantitative estimate of drug-likeness (QED) is 0.463. The van der Waals surface area contributed by atoms with Crippen LogP contribution in [0.25, 0.3) is 0 Å². The SMILES string of the molecule is O=C1CN2C(=O)N(c3cccc([N+](=O)[O-])c3)C(=O)C2CN1. The summed E-state index contributed by atoms with van der Waals surface area (Å²) in [5, 5.41) is 13.3. The Hall–Kier alpha value is -2.97. The number of piperazine rings is 1. The molecule has 3 rings (SSSR count). The van der Waals surface area contributed by atoms with E-state index in [0.717, 1.165) is 11.0 Å². The van der Waals surface area contributed by atoms with E-state index in [0.29, 0.717) is 0 Å². The summed E-state index contributed by atoms with van der Waals surface area (Å²) in [4.78, 5) is 48.1. The molecule has 1 N–H and O–H groups in total. The fraction of sp³-hybridized carbons (Fsp3) is 0.250. The molecule has 0 spiro atoms. The number of nitrogens with zero attached hydrogens (tertiary/aromatic N) is 3. The van der Waals surface area contributed by atoms with Crippen LogP contribution in [0.3, 0.4) is 0 Å². The highest BCUT2D eigenvalue weighted by Gasteiger charge is 2.48. The van der Waals surface area contributed by atoms with Gasteiger partial charge in [-0.3, -0.25) is 19.7 Å². The summed E-state index contributed by atoms with van der Waals surface area (Å²) in [5.41, 5.74) is -0.0896. The second-order valence-corrected chi connectivity index (χ2v) is 4.68. The number of hydrogen-bond acceptors (Lipinski definition) is 5. The van der Waals surface area contributed by atoms with Gasteiger partial charge in [0.2, 0.25) is 5.91 Å². The van der Waals surface area contributed by atoms with Gasteiger partial charge in [-0.05, 0) is 6.07 Å². The van der Waals surface area contributed by atoms with Crippen molar-refractivity contribution in [2.24, 2.45) is 0 Å². The Morgan fingerprint density at radius 1 is 1.29 bits per heavy atom. The van der Waals surface area contributed by atoms with Crippen LogP contribution in [-0.4, -0.2) is 46.8 Å². The number of imide groups is 1. The Morgan fingerprint density at radius 3 is 2.76 bits per heavy atom. The lowest BCUT2D eigenvalue weighted by Gasteiger charge is -2.26. The van der Waals surface area contributed by atoms with E-state index in [1.165, 1.54) is 23.1 Å². The highest BCUT2D eigenvalue weighted by Crippen LogP contribution is 2.28. The molecule has 4 amide bonds. The summed E-state index contributed by atoms with van der Waals surface area (Å²) in [5.74, 6) is -0.839. The number of benzene rings is 1. The third-order valence-corrected chi connectivity index (χ3v) is 3.42. The molecule has 2 aliphatic rings. The normalized spacial score (nSPS) is 21.3. The van der Waals surface area contributed by atoms with E-state index in [4.69, 9.17) is 0 Å². The highest BCUT2D eigenvalue weighted by molar-refractivity contribution is 6.22. The van der Waals surface area contributed by atoms with Gasteiger partial charge in [0.05, 0.1) is 10.6 Å². The smallest absolute Gasteiger partial charge is 0.332 e. The Labute approximate surface area is 118 Å². The van der Waals surface area contributed by atoms with Crippen LogP contribution in [0.2, 0.25) is 0 Å². The third-order valence-electron chi connectivity index (χ3n) is 3.42. The first-order chi connectivity index (χ1) is 9.99. The molecule has 1 atom stereocenters. The second-order valence-electron chi connectivity index (χ2n) is 4.68. The lowest BCUT2D eigenvalue weighted by atomic mass is 10.2. The average molecular weight is 290 g/mol. The third kappa shape index (κ3) is 1.98. The van der Waals surface area contributed by atoms with Gasteiger partial charge in [-0.2, -0.15) is 0 Å². The Morgan fingerprint density at radius 2 is 2.05 bits per heavy atom. The van der Waals surface area contributed by atoms with Crippen LogP contribution in [0.4, 0.5) is 16.2 Å². The molecule has 1 aromatic rings. The van der Waals surface area contributed by atoms with Gasteiger partial charge in [-0.15, -0.1) is 0 Å². The van der Waals surface area contributed by atoms with Crippen LogP contribution in [0.5, 0.6) is 0 Å². The average Bonchev–Trinajstić information content (AvgIpc) is 2.70. The molecule has 2 fully saturated rings. The number of carbonyl (C=O) groups excluding carboxylic acids is 3. The Kier molecular flexibility index (Phi) is 2.82. The second kappa shape index (κ2) is 4.54. The topological polar surface area (TPSA) is 113 Å². The van der Waals surface area contributed by atoms with Crippen molar-refractivity contribution < 1.29 is 19.3 Å². The summed E-state index contributed by atoms with van der Waals surface area (Å²) in [6, 6.07) is 3.87. The molecule has 0 saturated carbocycles. The molecule has 2 heterocycles. The van der Waals surface area contributed by atoms with Crippen molar-refractivity contribution in [3.8, 4) is 0 Å². The molecule has 0 aliphatic carbocycles. The number of urea groups is 1. The fourth-order valence-electron chi connectivity index (χ4n) is 2.42. The minimum atomic E-state index is -0.755. The van der Waals surface area contributed by atoms with Gasteiger partial charge in [0, 0.05) is 18.7 Å². The van der Waals surface area contributed by atoms with Gasteiger partial charge in [-0.25, -0.2) is 9.69 Å². The minimum absolute atomic E-state index is 0.0504. The van der Waals surface area contributed by atoms with E-state index in [-0.39, 0.29) is 30.4 Å². The molecule has 21 heavy (non-hydrogen) atoms. The van der Waals surface area contributed by atoms with Gasteiger partial charge in [0.1, 0.15) is 12.6 Å². The van der Waals surface area contributed by atoms with Gasteiger partial charge >= 0.3 is 6.03 Å². The predicted molar refractivity (Wildman–Crippen MR) is 69.5 cm³/mol. The highest BCUT2D eigenvalue weighted by atomic mass is 16.6. The monoisotopic (exact) mass is 290 g/mol. The van der Waals surface area contributed by atoms with Gasteiger partial charge < -0.3 is 10.2 Å². The van der Waals surface area contributed by atoms with E-state index in [9.17, 15) is 24.5 Å². The molecular formula is C12H10N4O5. The van der Waals surface area contributed by atoms with Crippen LogP contribution in [0.1, 0.15) is 0 Å². The molecule has 0 bridgehead atoms. The lowest BCUT2D eigenvalue weighted by Crippen LogP contribution is -2.54. The molecule has 2 saturated heterocycles. The summed E-state index contributed by atoms with van der Waals surface area (Å²) >= 11 is 0. The summed E-state index contributed by atoms with van der Waals surface area (Å²) in [7, 11) is 0. The summed E-state index contributed by atoms with van der Waals surface area (Å²) in [6.07, 6.45) is 0. The largest absolute Gasteiger partial charge is 0.352 e. The number of carbonyl (C=O) groups is 3. The van der Waals surface area contributed by atoms with Crippen LogP contribution in [0, 0.1) is 10.1 Å². The number of non-ortho nitro benzene ring substituents is 1. The maximum atomic E-state index is 12.3. The number of amides is 4. The molecule has 1 unspecified atom stereocenters. The van der Waals surface area contributed by atoms with Crippen molar-refractivity contribution in [2.75, 3.05) is 18.0 Å². The minimum Gasteiger partial charge on any atom is -0.352 e. The van der Waals surface area contributed by atoms with Crippen molar-refractivity contribution >= 4 is 29.2 Å². The van der Waals surface area contributed by atoms with Crippen molar-refractivity contribution in [3.63, 3.8) is 0 Å². The molecule has 0 radical (unpaired) electrons. The van der Waals surface area contributed by atoms with Crippen LogP contribution >= 0.6 is 0 Å². The van der Waals surface area contributed by atoms with E-state index >= 15 is 0 Å². The first-order valence-electron chi connectivity index (χ1n) is 6.15. The Bertz CT molecular complexity index is 673. The van der Waals surface area contributed by atoms with E-state index in [2.05, 4.69) is 5.32 Å². The lowest BCUT2D eigenvalue weighted by molar-refractivity contribution is -0.384. The number of nitro groups is 1. The number of nitrogens with one attached hydrogen (secondary N) is 1. The molecule has 0 aromatic heterocycles.